The lowest BCUT2D eigenvalue weighted by atomic mass is 10.6. The van der Waals surface area contributed by atoms with Gasteiger partial charge in [-0.25, -0.2) is 0 Å². The predicted octanol–water partition coefficient (Wildman–Crippen LogP) is 1.02. The molecule has 0 amide bonds. The molecular weight excluding hydrogens is 114 g/mol. The van der Waals surface area contributed by atoms with Gasteiger partial charge in [-0.15, -0.1) is 0 Å². The van der Waals surface area contributed by atoms with E-state index >= 15 is 0 Å². The van der Waals surface area contributed by atoms with Crippen LogP contribution in [0, 0.1) is 0 Å². The highest BCUT2D eigenvalue weighted by Crippen LogP contribution is 1.77. The van der Waals surface area contributed by atoms with E-state index in [0.29, 0.717) is 0 Å². The van der Waals surface area contributed by atoms with E-state index in [9.17, 15) is 0 Å². The maximum atomic E-state index is 3.91. The number of hydrogen-bond donors (Lipinski definition) is 0. The zero-order valence-corrected chi connectivity index (χ0v) is 6.46. The average molecular weight is 129 g/mol. The van der Waals surface area contributed by atoms with E-state index in [0.717, 1.165) is 19.6 Å². The monoisotopic (exact) mass is 129 g/mol. The summed E-state index contributed by atoms with van der Waals surface area (Å²) in [5.41, 5.74) is 0. The number of rotatable bonds is 4. The maximum Gasteiger partial charge on any atom is 0.0725 e. The Morgan fingerprint density at radius 3 is 2.33 bits per heavy atom. The smallest absolute Gasteiger partial charge is 0.0725 e. The van der Waals surface area contributed by atoms with Crippen LogP contribution in [0.25, 0.3) is 0 Å². The topological polar surface area (TPSA) is 28.0 Å². The van der Waals surface area contributed by atoms with Crippen LogP contribution in [-0.4, -0.2) is 38.6 Å². The Hall–Kier alpha value is -0.440. The lowest BCUT2D eigenvalue weighted by Crippen LogP contribution is -2.15. The van der Waals surface area contributed by atoms with E-state index in [1.807, 2.05) is 21.0 Å². The van der Waals surface area contributed by atoms with Crippen LogP contribution in [0.5, 0.6) is 0 Å². The van der Waals surface area contributed by atoms with Crippen LogP contribution >= 0.6 is 0 Å². The molecule has 0 aromatic carbocycles. The third-order valence-corrected chi connectivity index (χ3v) is 0.889. The van der Waals surface area contributed by atoms with E-state index in [1.165, 1.54) is 0 Å². The average Bonchev–Trinajstić information content (AvgIpc) is 1.80. The SMILES string of the molecule is CCN=NCCN(C)C. The summed E-state index contributed by atoms with van der Waals surface area (Å²) in [6.45, 7) is 4.59. The van der Waals surface area contributed by atoms with Gasteiger partial charge in [0.05, 0.1) is 13.1 Å². The fourth-order valence-corrected chi connectivity index (χ4v) is 0.415. The van der Waals surface area contributed by atoms with Crippen molar-refractivity contribution in [2.45, 2.75) is 6.92 Å². The highest BCUT2D eigenvalue weighted by Gasteiger charge is 1.84. The molecule has 0 atom stereocenters. The molecule has 0 bridgehead atoms. The molecule has 0 spiro atoms. The van der Waals surface area contributed by atoms with Crippen LogP contribution in [0.2, 0.25) is 0 Å². The summed E-state index contributed by atoms with van der Waals surface area (Å²) in [4.78, 5) is 2.09. The van der Waals surface area contributed by atoms with Crippen molar-refractivity contribution in [2.75, 3.05) is 33.7 Å². The molecule has 0 aliphatic carbocycles. The number of likely N-dealkylation sites (N-methyl/N-ethyl adjacent to an activating group) is 1. The molecule has 3 nitrogen and oxygen atoms in total. The van der Waals surface area contributed by atoms with Gasteiger partial charge in [0.2, 0.25) is 0 Å². The number of azo groups is 1. The zero-order valence-electron chi connectivity index (χ0n) is 6.46. The Morgan fingerprint density at radius 2 is 1.89 bits per heavy atom. The van der Waals surface area contributed by atoms with E-state index in [1.54, 1.807) is 0 Å². The minimum Gasteiger partial charge on any atom is -0.307 e. The van der Waals surface area contributed by atoms with Crippen molar-refractivity contribution in [1.29, 1.82) is 0 Å². The number of hydrogen-bond acceptors (Lipinski definition) is 3. The van der Waals surface area contributed by atoms with Crippen LogP contribution in [0.4, 0.5) is 0 Å². The molecule has 0 saturated heterocycles. The fraction of sp³-hybridized carbons (Fsp3) is 1.00. The van der Waals surface area contributed by atoms with Crippen molar-refractivity contribution in [3.05, 3.63) is 0 Å². The Bertz CT molecular complexity index is 78.4. The van der Waals surface area contributed by atoms with Gasteiger partial charge >= 0.3 is 0 Å². The van der Waals surface area contributed by atoms with Crippen LogP contribution in [-0.2, 0) is 0 Å². The molecule has 54 valence electrons. The minimum atomic E-state index is 0.799. The van der Waals surface area contributed by atoms with E-state index < -0.39 is 0 Å². The van der Waals surface area contributed by atoms with E-state index in [4.69, 9.17) is 0 Å². The summed E-state index contributed by atoms with van der Waals surface area (Å²) < 4.78 is 0. The third kappa shape index (κ3) is 7.56. The first-order valence-corrected chi connectivity index (χ1v) is 3.25. The van der Waals surface area contributed by atoms with Crippen LogP contribution in [0.3, 0.4) is 0 Å². The second kappa shape index (κ2) is 5.69. The molecule has 0 aliphatic heterocycles. The molecule has 0 unspecified atom stereocenters. The summed E-state index contributed by atoms with van der Waals surface area (Å²) in [5, 5.41) is 7.76. The second-order valence-electron chi connectivity index (χ2n) is 2.13. The Labute approximate surface area is 56.8 Å². The van der Waals surface area contributed by atoms with Gasteiger partial charge in [0.1, 0.15) is 0 Å². The molecule has 0 radical (unpaired) electrons. The Morgan fingerprint density at radius 1 is 1.22 bits per heavy atom. The van der Waals surface area contributed by atoms with Crippen molar-refractivity contribution in [1.82, 2.24) is 4.90 Å². The number of nitrogens with zero attached hydrogens (tertiary/aromatic N) is 3. The molecule has 0 rings (SSSR count). The predicted molar refractivity (Wildman–Crippen MR) is 38.8 cm³/mol. The summed E-state index contributed by atoms with van der Waals surface area (Å²) in [6, 6.07) is 0. The third-order valence-electron chi connectivity index (χ3n) is 0.889. The molecular formula is C6H15N3. The Kier molecular flexibility index (Phi) is 5.41. The first-order valence-electron chi connectivity index (χ1n) is 3.25. The first-order chi connectivity index (χ1) is 4.27. The van der Waals surface area contributed by atoms with Crippen LogP contribution in [0.15, 0.2) is 10.2 Å². The quantitative estimate of drug-likeness (QED) is 0.521. The summed E-state index contributed by atoms with van der Waals surface area (Å²) in [7, 11) is 4.06. The van der Waals surface area contributed by atoms with Crippen LogP contribution in [0.1, 0.15) is 6.92 Å². The zero-order chi connectivity index (χ0) is 7.11. The molecule has 0 aliphatic rings. The van der Waals surface area contributed by atoms with Gasteiger partial charge in [-0.2, -0.15) is 10.2 Å². The molecule has 0 heterocycles. The van der Waals surface area contributed by atoms with Gasteiger partial charge < -0.3 is 4.90 Å². The molecule has 0 aromatic heterocycles. The summed E-state index contributed by atoms with van der Waals surface area (Å²) in [6.07, 6.45) is 0. The van der Waals surface area contributed by atoms with Crippen molar-refractivity contribution in [3.63, 3.8) is 0 Å². The molecule has 0 fully saturated rings. The van der Waals surface area contributed by atoms with E-state index in [-0.39, 0.29) is 0 Å². The second-order valence-corrected chi connectivity index (χ2v) is 2.13. The normalized spacial score (nSPS) is 11.6. The molecule has 3 heteroatoms. The van der Waals surface area contributed by atoms with Crippen molar-refractivity contribution in [3.8, 4) is 0 Å². The highest BCUT2D eigenvalue weighted by atomic mass is 15.1. The largest absolute Gasteiger partial charge is 0.307 e. The molecule has 0 aromatic rings. The maximum absolute atomic E-state index is 3.91. The lowest BCUT2D eigenvalue weighted by Gasteiger charge is -2.04. The minimum absolute atomic E-state index is 0.799. The van der Waals surface area contributed by atoms with Gasteiger partial charge in [0.15, 0.2) is 0 Å². The lowest BCUT2D eigenvalue weighted by molar-refractivity contribution is 0.417. The van der Waals surface area contributed by atoms with Crippen molar-refractivity contribution < 1.29 is 0 Å². The van der Waals surface area contributed by atoms with Gasteiger partial charge in [-0.3, -0.25) is 0 Å². The van der Waals surface area contributed by atoms with Gasteiger partial charge in [0, 0.05) is 6.54 Å². The van der Waals surface area contributed by atoms with E-state index in [2.05, 4.69) is 15.1 Å². The summed E-state index contributed by atoms with van der Waals surface area (Å²) >= 11 is 0. The van der Waals surface area contributed by atoms with Crippen LogP contribution < -0.4 is 0 Å². The van der Waals surface area contributed by atoms with Crippen molar-refractivity contribution >= 4 is 0 Å². The molecule has 9 heavy (non-hydrogen) atoms. The van der Waals surface area contributed by atoms with Crippen molar-refractivity contribution in [2.24, 2.45) is 10.2 Å². The Balaban J connectivity index is 2.99. The summed E-state index contributed by atoms with van der Waals surface area (Å²) in [5.74, 6) is 0. The fourth-order valence-electron chi connectivity index (χ4n) is 0.415. The van der Waals surface area contributed by atoms with Gasteiger partial charge in [-0.05, 0) is 21.0 Å². The van der Waals surface area contributed by atoms with Gasteiger partial charge in [0.25, 0.3) is 0 Å². The molecule has 0 N–H and O–H groups in total. The molecule has 0 saturated carbocycles. The highest BCUT2D eigenvalue weighted by molar-refractivity contribution is 4.44. The first kappa shape index (κ1) is 8.56. The van der Waals surface area contributed by atoms with Gasteiger partial charge in [-0.1, -0.05) is 0 Å². The standard InChI is InChI=1S/C6H15N3/c1-4-7-8-5-6-9(2)3/h4-6H2,1-3H3.